The van der Waals surface area contributed by atoms with Gasteiger partial charge in [-0.15, -0.1) is 0 Å². The number of thioether (sulfide) groups is 2. The van der Waals surface area contributed by atoms with Crippen molar-refractivity contribution in [1.29, 1.82) is 0 Å². The SMILES string of the molecule is COc1ccccc1C(NN)C1SCCSC1C. The van der Waals surface area contributed by atoms with Crippen LogP contribution in [0.15, 0.2) is 24.3 Å². The molecule has 3 N–H and O–H groups in total. The third-order valence-corrected chi connectivity index (χ3v) is 6.41. The van der Waals surface area contributed by atoms with Crippen LogP contribution in [-0.2, 0) is 0 Å². The summed E-state index contributed by atoms with van der Waals surface area (Å²) >= 11 is 4.02. The predicted octanol–water partition coefficient (Wildman–Crippen LogP) is 2.44. The van der Waals surface area contributed by atoms with Crippen LogP contribution in [0.3, 0.4) is 0 Å². The van der Waals surface area contributed by atoms with Crippen LogP contribution in [0, 0.1) is 0 Å². The third kappa shape index (κ3) is 2.96. The Morgan fingerprint density at radius 2 is 2.06 bits per heavy atom. The van der Waals surface area contributed by atoms with Gasteiger partial charge in [-0.25, -0.2) is 0 Å². The molecule has 1 aliphatic rings. The second-order valence-corrected chi connectivity index (χ2v) is 7.07. The van der Waals surface area contributed by atoms with Crippen LogP contribution in [0.4, 0.5) is 0 Å². The standard InChI is InChI=1S/C13H20N2OS2/c1-9-13(18-8-7-17-9)12(15-14)10-5-3-4-6-11(10)16-2/h3-6,9,12-13,15H,7-8,14H2,1-2H3. The van der Waals surface area contributed by atoms with E-state index in [9.17, 15) is 0 Å². The predicted molar refractivity (Wildman–Crippen MR) is 81.2 cm³/mol. The van der Waals surface area contributed by atoms with E-state index in [1.54, 1.807) is 7.11 Å². The number of nitrogens with two attached hydrogens (primary N) is 1. The summed E-state index contributed by atoms with van der Waals surface area (Å²) in [6, 6.07) is 8.24. The van der Waals surface area contributed by atoms with Crippen LogP contribution < -0.4 is 16.0 Å². The molecular formula is C13H20N2OS2. The Bertz CT molecular complexity index is 389. The Kier molecular flexibility index (Phi) is 5.24. The highest BCUT2D eigenvalue weighted by Gasteiger charge is 2.32. The van der Waals surface area contributed by atoms with Crippen LogP contribution in [0.2, 0.25) is 0 Å². The van der Waals surface area contributed by atoms with Gasteiger partial charge in [0.2, 0.25) is 0 Å². The van der Waals surface area contributed by atoms with Gasteiger partial charge >= 0.3 is 0 Å². The molecule has 3 atom stereocenters. The summed E-state index contributed by atoms with van der Waals surface area (Å²) in [5.74, 6) is 9.11. The van der Waals surface area contributed by atoms with Gasteiger partial charge in [-0.2, -0.15) is 23.5 Å². The van der Waals surface area contributed by atoms with E-state index in [0.29, 0.717) is 10.5 Å². The van der Waals surface area contributed by atoms with E-state index in [2.05, 4.69) is 18.4 Å². The number of methoxy groups -OCH3 is 1. The fourth-order valence-electron chi connectivity index (χ4n) is 2.30. The van der Waals surface area contributed by atoms with Crippen molar-refractivity contribution in [2.75, 3.05) is 18.6 Å². The fraction of sp³-hybridized carbons (Fsp3) is 0.538. The average molecular weight is 284 g/mol. The van der Waals surface area contributed by atoms with Gasteiger partial charge in [0, 0.05) is 27.6 Å². The van der Waals surface area contributed by atoms with Crippen LogP contribution in [0.1, 0.15) is 18.5 Å². The van der Waals surface area contributed by atoms with Crippen molar-refractivity contribution in [3.63, 3.8) is 0 Å². The molecule has 0 saturated carbocycles. The quantitative estimate of drug-likeness (QED) is 0.657. The van der Waals surface area contributed by atoms with Crippen molar-refractivity contribution in [2.24, 2.45) is 5.84 Å². The Labute approximate surface area is 117 Å². The number of nitrogens with one attached hydrogen (secondary N) is 1. The van der Waals surface area contributed by atoms with Gasteiger partial charge in [-0.05, 0) is 6.07 Å². The van der Waals surface area contributed by atoms with Crippen molar-refractivity contribution in [3.8, 4) is 5.75 Å². The molecule has 0 bridgehead atoms. The van der Waals surface area contributed by atoms with E-state index in [1.165, 1.54) is 11.5 Å². The Morgan fingerprint density at radius 3 is 2.72 bits per heavy atom. The minimum Gasteiger partial charge on any atom is -0.496 e. The lowest BCUT2D eigenvalue weighted by Crippen LogP contribution is -2.41. The van der Waals surface area contributed by atoms with Gasteiger partial charge < -0.3 is 4.74 Å². The Morgan fingerprint density at radius 1 is 1.33 bits per heavy atom. The fourth-order valence-corrected chi connectivity index (χ4v) is 5.22. The molecule has 1 saturated heterocycles. The molecular weight excluding hydrogens is 264 g/mol. The molecule has 1 heterocycles. The summed E-state index contributed by atoms with van der Waals surface area (Å²) in [6.45, 7) is 2.28. The van der Waals surface area contributed by atoms with Crippen molar-refractivity contribution in [2.45, 2.75) is 23.5 Å². The molecule has 0 amide bonds. The highest BCUT2D eigenvalue weighted by Crippen LogP contribution is 2.40. The molecule has 3 unspecified atom stereocenters. The number of hydrazine groups is 1. The summed E-state index contributed by atoms with van der Waals surface area (Å²) in [4.78, 5) is 0. The monoisotopic (exact) mass is 284 g/mol. The minimum atomic E-state index is 0.133. The van der Waals surface area contributed by atoms with Gasteiger partial charge in [-0.1, -0.05) is 25.1 Å². The molecule has 0 aromatic heterocycles. The maximum Gasteiger partial charge on any atom is 0.123 e. The van der Waals surface area contributed by atoms with Crippen molar-refractivity contribution in [1.82, 2.24) is 5.43 Å². The number of ether oxygens (including phenoxy) is 1. The summed E-state index contributed by atoms with van der Waals surface area (Å²) < 4.78 is 5.44. The molecule has 3 nitrogen and oxygen atoms in total. The van der Waals surface area contributed by atoms with E-state index in [4.69, 9.17) is 10.6 Å². The number of rotatable bonds is 4. The van der Waals surface area contributed by atoms with Gasteiger partial charge in [-0.3, -0.25) is 11.3 Å². The maximum atomic E-state index is 5.79. The van der Waals surface area contributed by atoms with Gasteiger partial charge in [0.05, 0.1) is 13.2 Å². The van der Waals surface area contributed by atoms with Crippen molar-refractivity contribution >= 4 is 23.5 Å². The molecule has 1 aromatic carbocycles. The first-order valence-corrected chi connectivity index (χ1v) is 8.20. The largest absolute Gasteiger partial charge is 0.496 e. The topological polar surface area (TPSA) is 47.3 Å². The van der Waals surface area contributed by atoms with Crippen LogP contribution in [-0.4, -0.2) is 29.1 Å². The van der Waals surface area contributed by atoms with E-state index in [0.717, 1.165) is 11.3 Å². The van der Waals surface area contributed by atoms with E-state index in [-0.39, 0.29) is 6.04 Å². The van der Waals surface area contributed by atoms with Gasteiger partial charge in [0.15, 0.2) is 0 Å². The zero-order valence-corrected chi connectivity index (χ0v) is 12.4. The highest BCUT2D eigenvalue weighted by molar-refractivity contribution is 8.07. The molecule has 0 spiro atoms. The minimum absolute atomic E-state index is 0.133. The Hall–Kier alpha value is -0.360. The molecule has 0 radical (unpaired) electrons. The van der Waals surface area contributed by atoms with Crippen molar-refractivity contribution in [3.05, 3.63) is 29.8 Å². The molecule has 5 heteroatoms. The molecule has 2 rings (SSSR count). The van der Waals surface area contributed by atoms with E-state index < -0.39 is 0 Å². The zero-order chi connectivity index (χ0) is 13.0. The summed E-state index contributed by atoms with van der Waals surface area (Å²) in [5, 5.41) is 1.07. The second kappa shape index (κ2) is 6.70. The van der Waals surface area contributed by atoms with Crippen LogP contribution in [0.25, 0.3) is 0 Å². The first-order valence-electron chi connectivity index (χ1n) is 6.10. The number of para-hydroxylation sites is 1. The second-order valence-electron chi connectivity index (χ2n) is 4.30. The number of hydrogen-bond donors (Lipinski definition) is 2. The first kappa shape index (κ1) is 14.1. The Balaban J connectivity index is 2.26. The van der Waals surface area contributed by atoms with Crippen molar-refractivity contribution < 1.29 is 4.74 Å². The normalized spacial score (nSPS) is 25.7. The molecule has 100 valence electrons. The summed E-state index contributed by atoms with van der Waals surface area (Å²) in [5.41, 5.74) is 4.13. The molecule has 18 heavy (non-hydrogen) atoms. The summed E-state index contributed by atoms with van der Waals surface area (Å²) in [6.07, 6.45) is 0. The maximum absolute atomic E-state index is 5.79. The molecule has 1 aromatic rings. The van der Waals surface area contributed by atoms with Crippen LogP contribution in [0.5, 0.6) is 5.75 Å². The molecule has 1 fully saturated rings. The zero-order valence-electron chi connectivity index (χ0n) is 10.8. The smallest absolute Gasteiger partial charge is 0.123 e. The highest BCUT2D eigenvalue weighted by atomic mass is 32.2. The van der Waals surface area contributed by atoms with Gasteiger partial charge in [0.1, 0.15) is 5.75 Å². The number of benzene rings is 1. The average Bonchev–Trinajstić information content (AvgIpc) is 2.42. The lowest BCUT2D eigenvalue weighted by molar-refractivity contribution is 0.397. The van der Waals surface area contributed by atoms with E-state index in [1.807, 2.05) is 41.7 Å². The molecule has 1 aliphatic heterocycles. The number of hydrogen-bond acceptors (Lipinski definition) is 5. The lowest BCUT2D eigenvalue weighted by atomic mass is 10.0. The third-order valence-electron chi connectivity index (χ3n) is 3.22. The van der Waals surface area contributed by atoms with E-state index >= 15 is 0 Å². The lowest BCUT2D eigenvalue weighted by Gasteiger charge is -2.34. The van der Waals surface area contributed by atoms with Crippen LogP contribution >= 0.6 is 23.5 Å². The first-order chi connectivity index (χ1) is 8.77. The molecule has 0 aliphatic carbocycles. The van der Waals surface area contributed by atoms with Gasteiger partial charge in [0.25, 0.3) is 0 Å². The summed E-state index contributed by atoms with van der Waals surface area (Å²) in [7, 11) is 1.71.